The van der Waals surface area contributed by atoms with Crippen LogP contribution in [0.4, 0.5) is 0 Å². The minimum atomic E-state index is -2.89. The second-order valence-corrected chi connectivity index (χ2v) is 15.2. The van der Waals surface area contributed by atoms with Crippen LogP contribution in [0.5, 0.6) is 0 Å². The fourth-order valence-electron chi connectivity index (χ4n) is 0. The van der Waals surface area contributed by atoms with Gasteiger partial charge in [-0.1, -0.05) is 0 Å². The van der Waals surface area contributed by atoms with Crippen LogP contribution in [0.3, 0.4) is 0 Å². The monoisotopic (exact) mass is 317 g/mol. The Morgan fingerprint density at radius 3 is 0.857 bits per heavy atom. The van der Waals surface area contributed by atoms with Gasteiger partial charge in [-0.25, -0.2) is 0 Å². The summed E-state index contributed by atoms with van der Waals surface area (Å²) in [7, 11) is 17.1. The van der Waals surface area contributed by atoms with E-state index in [4.69, 9.17) is 38.8 Å². The number of rotatable bonds is 0. The van der Waals surface area contributed by atoms with E-state index in [1.54, 1.807) is 0 Å². The molecule has 0 atom stereocenters. The van der Waals surface area contributed by atoms with Gasteiger partial charge in [0.25, 0.3) is 0 Å². The third-order valence-electron chi connectivity index (χ3n) is 0. The summed E-state index contributed by atoms with van der Waals surface area (Å²) in [5.74, 6) is 0. The molecule has 0 aliphatic heterocycles. The molecule has 0 nitrogen and oxygen atoms in total. The molecule has 45 valence electrons. The Bertz CT molecular complexity index is 23.6. The predicted molar refractivity (Wildman–Crippen MR) is 23.4 cm³/mol. The van der Waals surface area contributed by atoms with Gasteiger partial charge in [0.15, 0.2) is 0 Å². The Labute approximate surface area is 110 Å². The smallest absolute Gasteiger partial charge is 1.00 e. The standard InChI is InChI=1S/5ClH.K.Rh/h5*1H;;/q;;;;;+1;+4/p-5. The number of hydrogen-bond acceptors (Lipinski definition) is 0. The third kappa shape index (κ3) is 41.9. The van der Waals surface area contributed by atoms with Crippen LogP contribution in [0.25, 0.3) is 0 Å². The van der Waals surface area contributed by atoms with E-state index < -0.39 is 10.8 Å². The zero-order valence-corrected chi connectivity index (χ0v) is 11.8. The van der Waals surface area contributed by atoms with Crippen molar-refractivity contribution in [1.82, 2.24) is 0 Å². The van der Waals surface area contributed by atoms with E-state index in [9.17, 15) is 0 Å². The van der Waals surface area contributed by atoms with Gasteiger partial charge in [-0.2, -0.15) is 0 Å². The van der Waals surface area contributed by atoms with Gasteiger partial charge >= 0.3 is 101 Å². The molecule has 0 aliphatic carbocycles. The summed E-state index contributed by atoms with van der Waals surface area (Å²) in [6.07, 6.45) is 0. The molecular formula is Cl5KRh. The molecule has 0 aromatic rings. The van der Waals surface area contributed by atoms with Crippen molar-refractivity contribution in [2.45, 2.75) is 0 Å². The van der Waals surface area contributed by atoms with E-state index in [-0.39, 0.29) is 63.8 Å². The van der Waals surface area contributed by atoms with Crippen molar-refractivity contribution in [1.29, 1.82) is 0 Å². The number of hydrogen-bond donors (Lipinski definition) is 0. The molecule has 0 heterocycles. The molecule has 0 N–H and O–H groups in total. The van der Waals surface area contributed by atoms with E-state index in [0.29, 0.717) is 0 Å². The second-order valence-electron chi connectivity index (χ2n) is 0.286. The molecule has 0 unspecified atom stereocenters. The number of halogens is 5. The van der Waals surface area contributed by atoms with E-state index in [1.165, 1.54) is 0 Å². The summed E-state index contributed by atoms with van der Waals surface area (Å²) < 4.78 is 0. The van der Waals surface area contributed by atoms with Gasteiger partial charge in [0.2, 0.25) is 0 Å². The molecule has 7 heteroatoms. The summed E-state index contributed by atoms with van der Waals surface area (Å²) in [6, 6.07) is 0. The Morgan fingerprint density at radius 2 is 0.857 bits per heavy atom. The molecule has 0 saturated heterocycles. The van der Waals surface area contributed by atoms with Gasteiger partial charge in [-0.05, 0) is 0 Å². The van der Waals surface area contributed by atoms with Crippen molar-refractivity contribution in [3.8, 4) is 0 Å². The summed E-state index contributed by atoms with van der Waals surface area (Å²) in [6.45, 7) is 0. The van der Waals surface area contributed by atoms with Crippen LogP contribution in [0.1, 0.15) is 0 Å². The maximum Gasteiger partial charge on any atom is 1.00 e. The Balaban J connectivity index is -0.0000000800. The molecule has 0 bridgehead atoms. The Morgan fingerprint density at radius 1 is 0.857 bits per heavy atom. The first-order valence-corrected chi connectivity index (χ1v) is 8.94. The van der Waals surface area contributed by atoms with Crippen LogP contribution in [0.2, 0.25) is 0 Å². The van der Waals surface area contributed by atoms with Crippen LogP contribution in [-0.4, -0.2) is 0 Å². The van der Waals surface area contributed by atoms with Crippen molar-refractivity contribution in [3.63, 3.8) is 0 Å². The van der Waals surface area contributed by atoms with Crippen molar-refractivity contribution >= 4 is 38.8 Å². The fraction of sp³-hybridized carbons (Fsp3) is 0. The molecule has 0 rings (SSSR count). The second kappa shape index (κ2) is 7.81. The van der Waals surface area contributed by atoms with Crippen molar-refractivity contribution < 1.29 is 74.6 Å². The van der Waals surface area contributed by atoms with Gasteiger partial charge in [0.05, 0.1) is 0 Å². The Kier molecular flexibility index (Phi) is 19.0. The van der Waals surface area contributed by atoms with Crippen LogP contribution in [-0.2, 0) is 10.8 Å². The average molecular weight is 319 g/mol. The molecule has 0 radical (unpaired) electrons. The van der Waals surface area contributed by atoms with E-state index in [0.717, 1.165) is 0 Å². The van der Waals surface area contributed by atoms with Crippen molar-refractivity contribution in [2.75, 3.05) is 0 Å². The molecule has 0 spiro atoms. The zero-order valence-electron chi connectivity index (χ0n) is 3.22. The van der Waals surface area contributed by atoms with Gasteiger partial charge < -0.3 is 12.4 Å². The van der Waals surface area contributed by atoms with Gasteiger partial charge in [0.1, 0.15) is 0 Å². The molecule has 0 saturated carbocycles. The SMILES string of the molecule is [Cl-].[Cl][Rh]([Cl])([Cl])[Cl].[K+]. The first-order valence-electron chi connectivity index (χ1n) is 0.504. The molecule has 0 aliphatic rings. The molecule has 0 aromatic carbocycles. The normalized spacial score (nSPS) is 10.9. The minimum Gasteiger partial charge on any atom is 1.00 e. The van der Waals surface area contributed by atoms with Crippen LogP contribution in [0.15, 0.2) is 0 Å². The molecule has 0 amide bonds. The third-order valence-corrected chi connectivity index (χ3v) is 0. The summed E-state index contributed by atoms with van der Waals surface area (Å²) in [5.41, 5.74) is 0. The Hall–Kier alpha value is 3.71. The van der Waals surface area contributed by atoms with Crippen molar-refractivity contribution in [3.05, 3.63) is 0 Å². The van der Waals surface area contributed by atoms with Crippen LogP contribution >= 0.6 is 38.8 Å². The summed E-state index contributed by atoms with van der Waals surface area (Å²) >= 11 is 0. The maximum absolute atomic E-state index is 4.99. The summed E-state index contributed by atoms with van der Waals surface area (Å²) in [5, 5.41) is 0. The maximum atomic E-state index is 4.99. The first kappa shape index (κ1) is 17.0. The van der Waals surface area contributed by atoms with Gasteiger partial charge in [-0.15, -0.1) is 0 Å². The largest absolute Gasteiger partial charge is 1.00 e. The minimum absolute atomic E-state index is 0. The molecule has 7 heavy (non-hydrogen) atoms. The fourth-order valence-corrected chi connectivity index (χ4v) is 0. The van der Waals surface area contributed by atoms with E-state index >= 15 is 0 Å². The van der Waals surface area contributed by atoms with Gasteiger partial charge in [0, 0.05) is 0 Å². The summed E-state index contributed by atoms with van der Waals surface area (Å²) in [4.78, 5) is 0. The van der Waals surface area contributed by atoms with Crippen LogP contribution < -0.4 is 63.8 Å². The molecule has 0 fully saturated rings. The topological polar surface area (TPSA) is 0 Å². The van der Waals surface area contributed by atoms with E-state index in [2.05, 4.69) is 0 Å². The average Bonchev–Trinajstić information content (AvgIpc) is 0.722. The molecule has 0 aromatic heterocycles. The van der Waals surface area contributed by atoms with E-state index in [1.807, 2.05) is 0 Å². The van der Waals surface area contributed by atoms with Crippen LogP contribution in [0, 0.1) is 0 Å². The predicted octanol–water partition coefficient (Wildman–Crippen LogP) is -3.24. The zero-order chi connectivity index (χ0) is 4.50. The first-order chi connectivity index (χ1) is 2.00. The van der Waals surface area contributed by atoms with Gasteiger partial charge in [-0.3, -0.25) is 0 Å². The van der Waals surface area contributed by atoms with Crippen molar-refractivity contribution in [2.24, 2.45) is 0 Å². The molecular weight excluding hydrogens is 319 g/mol. The quantitative estimate of drug-likeness (QED) is 0.412.